The molecule has 100 valence electrons. The molecule has 0 aliphatic carbocycles. The summed E-state index contributed by atoms with van der Waals surface area (Å²) in [6.07, 6.45) is 1.02. The molecule has 19 heavy (non-hydrogen) atoms. The number of rotatable bonds is 3. The van der Waals surface area contributed by atoms with Crippen LogP contribution in [0.2, 0.25) is 0 Å². The van der Waals surface area contributed by atoms with Crippen molar-refractivity contribution in [2.24, 2.45) is 0 Å². The SMILES string of the molecule is Cc1ccc(CC(Br)c2cc(C)c(Br)cc2C)cc1. The summed E-state index contributed by atoms with van der Waals surface area (Å²) in [4.78, 5) is 0.363. The molecule has 0 radical (unpaired) electrons. The second kappa shape index (κ2) is 6.23. The lowest BCUT2D eigenvalue weighted by atomic mass is 9.98. The van der Waals surface area contributed by atoms with Crippen LogP contribution in [0.15, 0.2) is 40.9 Å². The Labute approximate surface area is 132 Å². The average Bonchev–Trinajstić information content (AvgIpc) is 2.36. The van der Waals surface area contributed by atoms with Crippen molar-refractivity contribution in [3.8, 4) is 0 Å². The van der Waals surface area contributed by atoms with Crippen molar-refractivity contribution in [2.45, 2.75) is 32.0 Å². The van der Waals surface area contributed by atoms with Crippen molar-refractivity contribution >= 4 is 31.9 Å². The van der Waals surface area contributed by atoms with Gasteiger partial charge in [0.15, 0.2) is 0 Å². The summed E-state index contributed by atoms with van der Waals surface area (Å²) < 4.78 is 1.18. The van der Waals surface area contributed by atoms with Crippen molar-refractivity contribution in [3.05, 3.63) is 68.7 Å². The number of aryl methyl sites for hydroxylation is 3. The second-order valence-corrected chi connectivity index (χ2v) is 7.07. The first kappa shape index (κ1) is 14.8. The van der Waals surface area contributed by atoms with Gasteiger partial charge in [0.05, 0.1) is 0 Å². The van der Waals surface area contributed by atoms with E-state index in [-0.39, 0.29) is 0 Å². The highest BCUT2D eigenvalue weighted by Crippen LogP contribution is 2.32. The topological polar surface area (TPSA) is 0 Å². The van der Waals surface area contributed by atoms with Gasteiger partial charge in [-0.1, -0.05) is 67.8 Å². The van der Waals surface area contributed by atoms with Gasteiger partial charge in [0.25, 0.3) is 0 Å². The van der Waals surface area contributed by atoms with Crippen LogP contribution in [-0.2, 0) is 6.42 Å². The largest absolute Gasteiger partial charge is 0.0835 e. The molecule has 0 aliphatic rings. The highest BCUT2D eigenvalue weighted by molar-refractivity contribution is 9.10. The van der Waals surface area contributed by atoms with Gasteiger partial charge in [0, 0.05) is 9.30 Å². The molecule has 0 bridgehead atoms. The molecule has 2 aromatic carbocycles. The fourth-order valence-corrected chi connectivity index (χ4v) is 3.51. The summed E-state index contributed by atoms with van der Waals surface area (Å²) in [7, 11) is 0. The van der Waals surface area contributed by atoms with Crippen LogP contribution >= 0.6 is 31.9 Å². The fraction of sp³-hybridized carbons (Fsp3) is 0.294. The quantitative estimate of drug-likeness (QED) is 0.567. The van der Waals surface area contributed by atoms with Crippen molar-refractivity contribution in [2.75, 3.05) is 0 Å². The minimum atomic E-state index is 0.363. The van der Waals surface area contributed by atoms with Crippen molar-refractivity contribution in [1.82, 2.24) is 0 Å². The monoisotopic (exact) mass is 380 g/mol. The smallest absolute Gasteiger partial charge is 0.0438 e. The maximum absolute atomic E-state index is 3.84. The average molecular weight is 382 g/mol. The van der Waals surface area contributed by atoms with Crippen LogP contribution in [0.4, 0.5) is 0 Å². The zero-order valence-corrected chi connectivity index (χ0v) is 14.7. The molecule has 0 spiro atoms. The Hall–Kier alpha value is -0.600. The van der Waals surface area contributed by atoms with Crippen LogP contribution in [-0.4, -0.2) is 0 Å². The first-order valence-electron chi connectivity index (χ1n) is 6.43. The Bertz CT molecular complexity index is 571. The molecule has 2 rings (SSSR count). The Morgan fingerprint density at radius 3 is 2.21 bits per heavy atom. The lowest BCUT2D eigenvalue weighted by molar-refractivity contribution is 0.934. The molecular weight excluding hydrogens is 364 g/mol. The van der Waals surface area contributed by atoms with Crippen LogP contribution in [0.1, 0.15) is 32.6 Å². The van der Waals surface area contributed by atoms with Crippen LogP contribution in [0.5, 0.6) is 0 Å². The first-order valence-corrected chi connectivity index (χ1v) is 8.14. The summed E-state index contributed by atoms with van der Waals surface area (Å²) in [6, 6.07) is 13.2. The lowest BCUT2D eigenvalue weighted by Gasteiger charge is -2.15. The number of benzene rings is 2. The molecule has 0 aromatic heterocycles. The molecule has 0 fully saturated rings. The van der Waals surface area contributed by atoms with Crippen LogP contribution in [0.3, 0.4) is 0 Å². The standard InChI is InChI=1S/C17H18Br2/c1-11-4-6-14(7-5-11)10-17(19)15-8-13(3)16(18)9-12(15)2/h4-9,17H,10H2,1-3H3. The molecular formula is C17H18Br2. The van der Waals surface area contributed by atoms with E-state index in [4.69, 9.17) is 0 Å². The second-order valence-electron chi connectivity index (χ2n) is 5.12. The molecule has 1 atom stereocenters. The van der Waals surface area contributed by atoms with Gasteiger partial charge in [0.2, 0.25) is 0 Å². The van der Waals surface area contributed by atoms with E-state index in [0.717, 1.165) is 6.42 Å². The number of halogens is 2. The minimum Gasteiger partial charge on any atom is -0.0835 e. The van der Waals surface area contributed by atoms with E-state index in [9.17, 15) is 0 Å². The predicted molar refractivity (Wildman–Crippen MR) is 90.2 cm³/mol. The summed E-state index contributed by atoms with van der Waals surface area (Å²) in [6.45, 7) is 6.43. The third-order valence-corrected chi connectivity index (χ3v) is 5.09. The summed E-state index contributed by atoms with van der Waals surface area (Å²) in [5.41, 5.74) is 6.67. The molecule has 1 unspecified atom stereocenters. The predicted octanol–water partition coefficient (Wildman–Crippen LogP) is 6.05. The number of hydrogen-bond donors (Lipinski definition) is 0. The lowest BCUT2D eigenvalue weighted by Crippen LogP contribution is -1.99. The van der Waals surface area contributed by atoms with E-state index in [2.05, 4.69) is 89.0 Å². The fourth-order valence-electron chi connectivity index (χ4n) is 2.18. The van der Waals surface area contributed by atoms with Gasteiger partial charge >= 0.3 is 0 Å². The van der Waals surface area contributed by atoms with Gasteiger partial charge < -0.3 is 0 Å². The van der Waals surface area contributed by atoms with Crippen molar-refractivity contribution in [1.29, 1.82) is 0 Å². The van der Waals surface area contributed by atoms with Gasteiger partial charge in [-0.2, -0.15) is 0 Å². The van der Waals surface area contributed by atoms with Gasteiger partial charge in [0.1, 0.15) is 0 Å². The van der Waals surface area contributed by atoms with Crippen molar-refractivity contribution in [3.63, 3.8) is 0 Å². The third kappa shape index (κ3) is 3.70. The Morgan fingerprint density at radius 2 is 1.58 bits per heavy atom. The summed E-state index contributed by atoms with van der Waals surface area (Å²) in [5, 5.41) is 0. The maximum atomic E-state index is 3.84. The molecule has 0 nitrogen and oxygen atoms in total. The minimum absolute atomic E-state index is 0.363. The van der Waals surface area contributed by atoms with Crippen LogP contribution in [0.25, 0.3) is 0 Å². The maximum Gasteiger partial charge on any atom is 0.0438 e. The van der Waals surface area contributed by atoms with Gasteiger partial charge in [-0.3, -0.25) is 0 Å². The number of alkyl halides is 1. The third-order valence-electron chi connectivity index (χ3n) is 3.42. The van der Waals surface area contributed by atoms with Crippen LogP contribution < -0.4 is 0 Å². The Balaban J connectivity index is 2.22. The van der Waals surface area contributed by atoms with Gasteiger partial charge in [-0.05, 0) is 55.5 Å². The van der Waals surface area contributed by atoms with Gasteiger partial charge in [-0.15, -0.1) is 0 Å². The van der Waals surface area contributed by atoms with Gasteiger partial charge in [-0.25, -0.2) is 0 Å². The van der Waals surface area contributed by atoms with E-state index >= 15 is 0 Å². The molecule has 0 saturated heterocycles. The molecule has 2 heteroatoms. The van der Waals surface area contributed by atoms with Crippen LogP contribution in [0, 0.1) is 20.8 Å². The molecule has 0 heterocycles. The van der Waals surface area contributed by atoms with E-state index in [1.807, 2.05) is 0 Å². The molecule has 0 N–H and O–H groups in total. The van der Waals surface area contributed by atoms with Crippen molar-refractivity contribution < 1.29 is 0 Å². The van der Waals surface area contributed by atoms with E-state index in [1.165, 1.54) is 32.3 Å². The number of hydrogen-bond acceptors (Lipinski definition) is 0. The highest BCUT2D eigenvalue weighted by Gasteiger charge is 2.12. The summed E-state index contributed by atoms with van der Waals surface area (Å²) >= 11 is 7.42. The summed E-state index contributed by atoms with van der Waals surface area (Å²) in [5.74, 6) is 0. The Kier molecular flexibility index (Phi) is 4.86. The molecule has 0 saturated carbocycles. The Morgan fingerprint density at radius 1 is 0.947 bits per heavy atom. The molecule has 0 aliphatic heterocycles. The highest BCUT2D eigenvalue weighted by atomic mass is 79.9. The normalized spacial score (nSPS) is 12.5. The van der Waals surface area contributed by atoms with E-state index in [1.54, 1.807) is 0 Å². The zero-order chi connectivity index (χ0) is 14.0. The zero-order valence-electron chi connectivity index (χ0n) is 11.5. The molecule has 2 aromatic rings. The molecule has 0 amide bonds. The van der Waals surface area contributed by atoms with E-state index in [0.29, 0.717) is 4.83 Å². The van der Waals surface area contributed by atoms with E-state index < -0.39 is 0 Å². The first-order chi connectivity index (χ1) is 8.97.